The number of benzene rings is 1. The summed E-state index contributed by atoms with van der Waals surface area (Å²) in [5.74, 6) is -0.696. The van der Waals surface area contributed by atoms with Gasteiger partial charge in [0.15, 0.2) is 0 Å². The molecule has 0 aliphatic heterocycles. The lowest BCUT2D eigenvalue weighted by Crippen LogP contribution is -2.46. The molecule has 0 spiro atoms. The molecule has 0 heterocycles. The average molecular weight is 422 g/mol. The normalized spacial score (nSPS) is 13.6. The molecule has 0 saturated heterocycles. The second-order valence-corrected chi connectivity index (χ2v) is 8.82. The van der Waals surface area contributed by atoms with Crippen LogP contribution in [0.5, 0.6) is 0 Å². The molecule has 8 heteroatoms. The maximum absolute atomic E-state index is 12.7. The zero-order valence-electron chi connectivity index (χ0n) is 14.6. The fourth-order valence-electron chi connectivity index (χ4n) is 1.96. The predicted octanol–water partition coefficient (Wildman–Crippen LogP) is 2.65. The van der Waals surface area contributed by atoms with Gasteiger partial charge in [0.05, 0.1) is 24.2 Å². The summed E-state index contributed by atoms with van der Waals surface area (Å²) in [6, 6.07) is 3.77. The van der Waals surface area contributed by atoms with Crippen LogP contribution in [-0.2, 0) is 30.7 Å². The summed E-state index contributed by atoms with van der Waals surface area (Å²) in [5, 5.41) is 0. The van der Waals surface area contributed by atoms with Crippen molar-refractivity contribution in [2.75, 3.05) is 13.7 Å². The molecular formula is C16H24BrNO5S. The molecule has 0 fully saturated rings. The van der Waals surface area contributed by atoms with Crippen LogP contribution in [0, 0.1) is 0 Å². The molecule has 0 bridgehead atoms. The van der Waals surface area contributed by atoms with Crippen molar-refractivity contribution in [2.24, 2.45) is 0 Å². The Morgan fingerprint density at radius 1 is 1.33 bits per heavy atom. The standard InChI is InChI=1S/C16H24BrNO5S/c1-6-11-9-12(17)7-8-14(11)24(20,21)18-13(15(19)22-5)10-23-16(2,3)4/h7-9,13,18H,6,10H2,1-5H3/t13-/m0/s1. The van der Waals surface area contributed by atoms with Crippen molar-refractivity contribution in [3.05, 3.63) is 28.2 Å². The number of ether oxygens (including phenoxy) is 2. The van der Waals surface area contributed by atoms with Crippen molar-refractivity contribution in [3.63, 3.8) is 0 Å². The molecule has 0 aliphatic carbocycles. The van der Waals surface area contributed by atoms with E-state index in [0.717, 1.165) is 4.47 Å². The van der Waals surface area contributed by atoms with E-state index in [4.69, 9.17) is 4.74 Å². The SMILES string of the molecule is CCc1cc(Br)ccc1S(=O)(=O)N[C@@H](COC(C)(C)C)C(=O)OC. The molecule has 0 unspecified atom stereocenters. The van der Waals surface area contributed by atoms with E-state index in [-0.39, 0.29) is 11.5 Å². The van der Waals surface area contributed by atoms with Gasteiger partial charge in [-0.15, -0.1) is 0 Å². The highest BCUT2D eigenvalue weighted by molar-refractivity contribution is 9.10. The van der Waals surface area contributed by atoms with Gasteiger partial charge in [0.25, 0.3) is 0 Å². The van der Waals surface area contributed by atoms with E-state index in [1.807, 2.05) is 27.7 Å². The van der Waals surface area contributed by atoms with Gasteiger partial charge in [0.1, 0.15) is 6.04 Å². The summed E-state index contributed by atoms with van der Waals surface area (Å²) in [7, 11) is -2.69. The number of methoxy groups -OCH3 is 1. The third-order valence-electron chi connectivity index (χ3n) is 3.16. The third-order valence-corrected chi connectivity index (χ3v) is 5.22. The van der Waals surface area contributed by atoms with Crippen LogP contribution in [0.25, 0.3) is 0 Å². The zero-order chi connectivity index (χ0) is 18.5. The van der Waals surface area contributed by atoms with Crippen LogP contribution < -0.4 is 4.72 Å². The predicted molar refractivity (Wildman–Crippen MR) is 95.4 cm³/mol. The van der Waals surface area contributed by atoms with Gasteiger partial charge in [-0.2, -0.15) is 4.72 Å². The van der Waals surface area contributed by atoms with Crippen LogP contribution in [-0.4, -0.2) is 39.7 Å². The Kier molecular flexibility index (Phi) is 7.40. The second-order valence-electron chi connectivity index (χ2n) is 6.23. The molecule has 0 amide bonds. The van der Waals surface area contributed by atoms with Gasteiger partial charge < -0.3 is 9.47 Å². The Balaban J connectivity index is 3.09. The molecule has 0 aromatic heterocycles. The van der Waals surface area contributed by atoms with E-state index in [1.54, 1.807) is 12.1 Å². The molecule has 136 valence electrons. The molecule has 0 radical (unpaired) electrons. The molecular weight excluding hydrogens is 398 g/mol. The monoisotopic (exact) mass is 421 g/mol. The van der Waals surface area contributed by atoms with Crippen molar-refractivity contribution in [3.8, 4) is 0 Å². The summed E-state index contributed by atoms with van der Waals surface area (Å²) in [6.07, 6.45) is 0.539. The van der Waals surface area contributed by atoms with Gasteiger partial charge in [-0.05, 0) is 51.0 Å². The number of sulfonamides is 1. The molecule has 1 rings (SSSR count). The number of halogens is 1. The van der Waals surface area contributed by atoms with Crippen molar-refractivity contribution in [1.29, 1.82) is 0 Å². The van der Waals surface area contributed by atoms with Crippen molar-refractivity contribution >= 4 is 31.9 Å². The Hall–Kier alpha value is -0.960. The Labute approximate surface area is 152 Å². The van der Waals surface area contributed by atoms with Crippen LogP contribution in [0.1, 0.15) is 33.3 Å². The summed E-state index contributed by atoms with van der Waals surface area (Å²) in [4.78, 5) is 12.0. The second kappa shape index (κ2) is 8.42. The van der Waals surface area contributed by atoms with Gasteiger partial charge in [0.2, 0.25) is 10.0 Å². The maximum Gasteiger partial charge on any atom is 0.326 e. The van der Waals surface area contributed by atoms with E-state index >= 15 is 0 Å². The van der Waals surface area contributed by atoms with Crippen LogP contribution in [0.15, 0.2) is 27.6 Å². The number of hydrogen-bond acceptors (Lipinski definition) is 5. The fourth-order valence-corrected chi connectivity index (χ4v) is 3.83. The van der Waals surface area contributed by atoms with Gasteiger partial charge in [0, 0.05) is 4.47 Å². The van der Waals surface area contributed by atoms with Crippen molar-refractivity contribution in [1.82, 2.24) is 4.72 Å². The van der Waals surface area contributed by atoms with Crippen LogP contribution in [0.4, 0.5) is 0 Å². The number of carbonyl (C=O) groups is 1. The highest BCUT2D eigenvalue weighted by Crippen LogP contribution is 2.22. The van der Waals surface area contributed by atoms with E-state index in [9.17, 15) is 13.2 Å². The quantitative estimate of drug-likeness (QED) is 0.684. The number of esters is 1. The van der Waals surface area contributed by atoms with Gasteiger partial charge in [-0.3, -0.25) is 4.79 Å². The molecule has 1 aromatic rings. The highest BCUT2D eigenvalue weighted by Gasteiger charge is 2.29. The molecule has 6 nitrogen and oxygen atoms in total. The summed E-state index contributed by atoms with van der Waals surface area (Å²) >= 11 is 3.33. The summed E-state index contributed by atoms with van der Waals surface area (Å²) in [5.41, 5.74) is 0.140. The van der Waals surface area contributed by atoms with Crippen molar-refractivity contribution < 1.29 is 22.7 Å². The van der Waals surface area contributed by atoms with E-state index in [0.29, 0.717) is 12.0 Å². The maximum atomic E-state index is 12.7. The first kappa shape index (κ1) is 21.1. The van der Waals surface area contributed by atoms with Crippen LogP contribution in [0.2, 0.25) is 0 Å². The largest absolute Gasteiger partial charge is 0.468 e. The van der Waals surface area contributed by atoms with Crippen LogP contribution >= 0.6 is 15.9 Å². The molecule has 24 heavy (non-hydrogen) atoms. The summed E-state index contributed by atoms with van der Waals surface area (Å²) < 4.78 is 38.8. The number of hydrogen-bond donors (Lipinski definition) is 1. The molecule has 1 aromatic carbocycles. The van der Waals surface area contributed by atoms with Crippen molar-refractivity contribution in [2.45, 2.75) is 50.7 Å². The van der Waals surface area contributed by atoms with E-state index < -0.39 is 27.6 Å². The minimum absolute atomic E-state index is 0.118. The first-order valence-electron chi connectivity index (χ1n) is 7.52. The van der Waals surface area contributed by atoms with E-state index in [2.05, 4.69) is 25.4 Å². The van der Waals surface area contributed by atoms with Gasteiger partial charge in [-0.25, -0.2) is 8.42 Å². The lowest BCUT2D eigenvalue weighted by atomic mass is 10.2. The third kappa shape index (κ3) is 6.16. The first-order chi connectivity index (χ1) is 11.0. The average Bonchev–Trinajstić information content (AvgIpc) is 2.49. The highest BCUT2D eigenvalue weighted by atomic mass is 79.9. The number of aryl methyl sites for hydroxylation is 1. The van der Waals surface area contributed by atoms with E-state index in [1.165, 1.54) is 13.2 Å². The lowest BCUT2D eigenvalue weighted by molar-refractivity contribution is -0.145. The minimum Gasteiger partial charge on any atom is -0.468 e. The Morgan fingerprint density at radius 3 is 2.46 bits per heavy atom. The lowest BCUT2D eigenvalue weighted by Gasteiger charge is -2.24. The number of nitrogens with one attached hydrogen (secondary N) is 1. The smallest absolute Gasteiger partial charge is 0.326 e. The summed E-state index contributed by atoms with van der Waals surface area (Å²) in [6.45, 7) is 7.20. The Bertz CT molecular complexity index is 682. The first-order valence-corrected chi connectivity index (χ1v) is 9.80. The molecule has 0 aliphatic rings. The van der Waals surface area contributed by atoms with Crippen LogP contribution in [0.3, 0.4) is 0 Å². The van der Waals surface area contributed by atoms with Gasteiger partial charge >= 0.3 is 5.97 Å². The number of rotatable bonds is 7. The Morgan fingerprint density at radius 2 is 1.96 bits per heavy atom. The number of carbonyl (C=O) groups excluding carboxylic acids is 1. The molecule has 0 saturated carbocycles. The zero-order valence-corrected chi connectivity index (χ0v) is 17.0. The van der Waals surface area contributed by atoms with Gasteiger partial charge in [-0.1, -0.05) is 22.9 Å². The molecule has 1 N–H and O–H groups in total. The minimum atomic E-state index is -3.89. The fraction of sp³-hybridized carbons (Fsp3) is 0.562. The topological polar surface area (TPSA) is 81.7 Å². The molecule has 1 atom stereocenters.